The predicted octanol–water partition coefficient (Wildman–Crippen LogP) is 5.80. The predicted molar refractivity (Wildman–Crippen MR) is 114 cm³/mol. The Morgan fingerprint density at radius 3 is 1.46 bits per heavy atom. The molecule has 0 aromatic heterocycles. The number of carbonyl (C=O) groups is 2. The molecule has 0 saturated heterocycles. The molecule has 0 radical (unpaired) electrons. The van der Waals surface area contributed by atoms with Crippen LogP contribution in [0.4, 0.5) is 0 Å². The molecule has 1 aliphatic carbocycles. The number of hydrogen-bond acceptors (Lipinski definition) is 4. The topological polar surface area (TPSA) is 52.6 Å². The molecule has 0 bridgehead atoms. The van der Waals surface area contributed by atoms with E-state index in [-0.39, 0.29) is 21.6 Å². The number of carbonyl (C=O) groups excluding carboxylic acids is 2. The smallest absolute Gasteiger partial charge is 0.336 e. The van der Waals surface area contributed by atoms with E-state index >= 15 is 0 Å². The lowest BCUT2D eigenvalue weighted by Crippen LogP contribution is -2.78. The summed E-state index contributed by atoms with van der Waals surface area (Å²) in [5, 5.41) is 0. The van der Waals surface area contributed by atoms with Crippen molar-refractivity contribution in [3.63, 3.8) is 0 Å². The Morgan fingerprint density at radius 1 is 0.808 bits per heavy atom. The minimum absolute atomic E-state index is 0.224. The number of hydrogen-bond donors (Lipinski definition) is 0. The number of alkyl halides is 2. The molecule has 0 unspecified atom stereocenters. The average Bonchev–Trinajstić information content (AvgIpc) is 3.04. The highest BCUT2D eigenvalue weighted by Crippen LogP contribution is 2.68. The van der Waals surface area contributed by atoms with Gasteiger partial charge >= 0.3 is 11.9 Å². The minimum Gasteiger partial charge on any atom is -0.444 e. The maximum atomic E-state index is 12.6. The SMILES string of the molecule is CCCCC1=C(Br)[C@@]2(OC1=O)[C@@H](Br)[C@H](Br)[C@@]21OC(=O)C(CCCC)=C1Br. The molecule has 0 aromatic rings. The van der Waals surface area contributed by atoms with E-state index in [4.69, 9.17) is 9.47 Å². The summed E-state index contributed by atoms with van der Waals surface area (Å²) in [4.78, 5) is 24.8. The Balaban J connectivity index is 2.08. The first-order valence-electron chi connectivity index (χ1n) is 8.82. The van der Waals surface area contributed by atoms with Gasteiger partial charge in [0, 0.05) is 0 Å². The van der Waals surface area contributed by atoms with Crippen LogP contribution in [0, 0.1) is 0 Å². The first-order chi connectivity index (χ1) is 12.3. The Labute approximate surface area is 187 Å². The van der Waals surface area contributed by atoms with Gasteiger partial charge in [0.2, 0.25) is 11.2 Å². The van der Waals surface area contributed by atoms with Crippen molar-refractivity contribution in [2.45, 2.75) is 73.2 Å². The summed E-state index contributed by atoms with van der Waals surface area (Å²) in [7, 11) is 0. The summed E-state index contributed by atoms with van der Waals surface area (Å²) in [6.45, 7) is 4.16. The van der Waals surface area contributed by atoms with Gasteiger partial charge in [0.15, 0.2) is 0 Å². The van der Waals surface area contributed by atoms with Crippen LogP contribution in [0.1, 0.15) is 52.4 Å². The van der Waals surface area contributed by atoms with Crippen LogP contribution in [0.3, 0.4) is 0 Å². The number of ether oxygens (including phenoxy) is 2. The molecule has 1 saturated carbocycles. The maximum absolute atomic E-state index is 12.6. The average molecular weight is 620 g/mol. The van der Waals surface area contributed by atoms with Gasteiger partial charge in [-0.25, -0.2) is 9.59 Å². The van der Waals surface area contributed by atoms with Gasteiger partial charge in [-0.3, -0.25) is 0 Å². The fourth-order valence-corrected chi connectivity index (χ4v) is 8.47. The third kappa shape index (κ3) is 2.61. The lowest BCUT2D eigenvalue weighted by atomic mass is 9.64. The number of fused-ring (bicyclic) bond motifs is 1. The summed E-state index contributed by atoms with van der Waals surface area (Å²) >= 11 is 14.6. The van der Waals surface area contributed by atoms with Crippen molar-refractivity contribution in [1.82, 2.24) is 0 Å². The van der Waals surface area contributed by atoms with Gasteiger partial charge in [0.1, 0.15) is 0 Å². The molecule has 0 aromatic carbocycles. The fraction of sp³-hybridized carbons (Fsp3) is 0.667. The normalized spacial score (nSPS) is 36.2. The first-order valence-corrected chi connectivity index (χ1v) is 12.2. The van der Waals surface area contributed by atoms with E-state index in [0.29, 0.717) is 33.0 Å². The van der Waals surface area contributed by atoms with Gasteiger partial charge in [-0.15, -0.1) is 0 Å². The number of esters is 2. The summed E-state index contributed by atoms with van der Waals surface area (Å²) in [6.07, 6.45) is 5.02. The van der Waals surface area contributed by atoms with Crippen molar-refractivity contribution in [3.8, 4) is 0 Å². The molecule has 144 valence electrons. The zero-order valence-electron chi connectivity index (χ0n) is 14.5. The van der Waals surface area contributed by atoms with E-state index in [1.54, 1.807) is 0 Å². The zero-order valence-corrected chi connectivity index (χ0v) is 20.9. The van der Waals surface area contributed by atoms with Crippen LogP contribution in [0.25, 0.3) is 0 Å². The van der Waals surface area contributed by atoms with Gasteiger partial charge in [0.25, 0.3) is 0 Å². The van der Waals surface area contributed by atoms with Gasteiger partial charge in [0.05, 0.1) is 29.8 Å². The van der Waals surface area contributed by atoms with Crippen LogP contribution < -0.4 is 0 Å². The molecule has 2 heterocycles. The molecular weight excluding hydrogens is 600 g/mol. The highest BCUT2D eigenvalue weighted by molar-refractivity contribution is 9.13. The van der Waals surface area contributed by atoms with Crippen LogP contribution in [0.15, 0.2) is 20.1 Å². The largest absolute Gasteiger partial charge is 0.444 e. The zero-order chi connectivity index (χ0) is 19.3. The molecule has 4 nitrogen and oxygen atoms in total. The first kappa shape index (κ1) is 21.1. The highest BCUT2D eigenvalue weighted by Gasteiger charge is 2.82. The molecule has 8 heteroatoms. The number of unbranched alkanes of at least 4 members (excludes halogenated alkanes) is 2. The van der Waals surface area contributed by atoms with Gasteiger partial charge in [-0.2, -0.15) is 0 Å². The Hall–Kier alpha value is 0.340. The van der Waals surface area contributed by atoms with Crippen molar-refractivity contribution in [2.24, 2.45) is 0 Å². The van der Waals surface area contributed by atoms with Gasteiger partial charge in [-0.05, 0) is 25.7 Å². The second-order valence-corrected chi connectivity index (χ2v) is 10.4. The highest BCUT2D eigenvalue weighted by atomic mass is 79.9. The summed E-state index contributed by atoms with van der Waals surface area (Å²) < 4.78 is 13.2. The second kappa shape index (κ2) is 7.64. The van der Waals surface area contributed by atoms with Crippen molar-refractivity contribution < 1.29 is 19.1 Å². The lowest BCUT2D eigenvalue weighted by Gasteiger charge is -2.59. The van der Waals surface area contributed by atoms with Crippen LogP contribution in [-0.4, -0.2) is 32.8 Å². The van der Waals surface area contributed by atoms with E-state index in [1.165, 1.54) is 0 Å². The fourth-order valence-electron chi connectivity index (χ4n) is 3.82. The second-order valence-electron chi connectivity index (χ2n) is 6.85. The van der Waals surface area contributed by atoms with Crippen LogP contribution in [0.5, 0.6) is 0 Å². The Bertz CT molecular complexity index is 656. The number of rotatable bonds is 6. The quantitative estimate of drug-likeness (QED) is 0.279. The molecule has 2 spiro atoms. The van der Waals surface area contributed by atoms with Crippen LogP contribution in [-0.2, 0) is 19.1 Å². The third-order valence-electron chi connectivity index (χ3n) is 5.33. The third-order valence-corrected chi connectivity index (χ3v) is 10.5. The number of halogens is 4. The molecule has 2 aliphatic heterocycles. The molecule has 0 amide bonds. The monoisotopic (exact) mass is 616 g/mol. The molecular formula is C18H20Br4O4. The van der Waals surface area contributed by atoms with Crippen molar-refractivity contribution in [2.75, 3.05) is 0 Å². The van der Waals surface area contributed by atoms with Gasteiger partial charge in [-0.1, -0.05) is 90.4 Å². The molecule has 4 atom stereocenters. The molecule has 0 N–H and O–H groups in total. The summed E-state index contributed by atoms with van der Waals surface area (Å²) in [6, 6.07) is 0. The Morgan fingerprint density at radius 2 is 1.15 bits per heavy atom. The van der Waals surface area contributed by atoms with Crippen molar-refractivity contribution >= 4 is 75.7 Å². The maximum Gasteiger partial charge on any atom is 0.336 e. The molecule has 3 rings (SSSR count). The van der Waals surface area contributed by atoms with E-state index < -0.39 is 11.2 Å². The van der Waals surface area contributed by atoms with E-state index in [2.05, 4.69) is 77.6 Å². The molecule has 1 fully saturated rings. The minimum atomic E-state index is -1.08. The molecule has 3 aliphatic rings. The molecule has 26 heavy (non-hydrogen) atoms. The van der Waals surface area contributed by atoms with Crippen LogP contribution >= 0.6 is 63.7 Å². The van der Waals surface area contributed by atoms with Crippen molar-refractivity contribution in [1.29, 1.82) is 0 Å². The van der Waals surface area contributed by atoms with E-state index in [0.717, 1.165) is 25.7 Å². The summed E-state index contributed by atoms with van der Waals surface area (Å²) in [5.41, 5.74) is -0.894. The van der Waals surface area contributed by atoms with Crippen LogP contribution in [0.2, 0.25) is 0 Å². The van der Waals surface area contributed by atoms with E-state index in [1.807, 2.05) is 0 Å². The van der Waals surface area contributed by atoms with E-state index in [9.17, 15) is 9.59 Å². The summed E-state index contributed by atoms with van der Waals surface area (Å²) in [5.74, 6) is -0.682. The Kier molecular flexibility index (Phi) is 6.18. The van der Waals surface area contributed by atoms with Gasteiger partial charge < -0.3 is 9.47 Å². The van der Waals surface area contributed by atoms with Crippen molar-refractivity contribution in [3.05, 3.63) is 20.1 Å². The lowest BCUT2D eigenvalue weighted by molar-refractivity contribution is -0.200. The standard InChI is InChI=1S/C18H20Br4O4/c1-3-5-7-9-11(19)17(25-15(9)23)13(21)14(22)18(17)12(20)10(8-6-4-2)16(24)26-18/h13-14H,3-8H2,1-2H3/t13-,14-,17+,18+/m0/s1.